The van der Waals surface area contributed by atoms with E-state index in [0.29, 0.717) is 43.0 Å². The lowest BCUT2D eigenvalue weighted by Crippen LogP contribution is -2.47. The SMILES string of the molecule is CO[C@@H](C)c1c(Nc2ccc([C@H](N(C)C(=O)C3CCN(C(=O)C4CC4)CC3)C(F)(F)F)cc2)cnc2nc(Cl)nn12. The first-order valence-corrected chi connectivity index (χ1v) is 13.8. The van der Waals surface area contributed by atoms with Gasteiger partial charge in [-0.3, -0.25) is 9.59 Å². The summed E-state index contributed by atoms with van der Waals surface area (Å²) in [5, 5.41) is 7.32. The molecule has 2 amide bonds. The van der Waals surface area contributed by atoms with Gasteiger partial charge in [-0.25, -0.2) is 4.98 Å². The van der Waals surface area contributed by atoms with Crippen molar-refractivity contribution in [1.29, 1.82) is 0 Å². The minimum absolute atomic E-state index is 0.0118. The van der Waals surface area contributed by atoms with Crippen molar-refractivity contribution < 1.29 is 27.5 Å². The van der Waals surface area contributed by atoms with E-state index in [4.69, 9.17) is 16.3 Å². The van der Waals surface area contributed by atoms with E-state index < -0.39 is 30.1 Å². The van der Waals surface area contributed by atoms with Crippen molar-refractivity contribution >= 4 is 40.6 Å². The average molecular weight is 594 g/mol. The first-order valence-electron chi connectivity index (χ1n) is 13.4. The predicted molar refractivity (Wildman–Crippen MR) is 145 cm³/mol. The number of rotatable bonds is 8. The fourth-order valence-corrected chi connectivity index (χ4v) is 5.46. The van der Waals surface area contributed by atoms with Gasteiger partial charge in [-0.1, -0.05) is 12.1 Å². The molecular weight excluding hydrogens is 563 g/mol. The maximum Gasteiger partial charge on any atom is 0.413 e. The quantitative estimate of drug-likeness (QED) is 0.394. The number of methoxy groups -OCH3 is 1. The molecule has 10 nitrogen and oxygen atoms in total. The Labute approximate surface area is 239 Å². The van der Waals surface area contributed by atoms with Crippen molar-refractivity contribution in [2.45, 2.75) is 50.9 Å². The number of ether oxygens (including phenoxy) is 1. The number of alkyl halides is 3. The first kappa shape index (κ1) is 29.1. The zero-order valence-corrected chi connectivity index (χ0v) is 23.6. The van der Waals surface area contributed by atoms with Gasteiger partial charge in [0.25, 0.3) is 5.78 Å². The summed E-state index contributed by atoms with van der Waals surface area (Å²) in [4.78, 5) is 36.3. The zero-order chi connectivity index (χ0) is 29.5. The third-order valence-electron chi connectivity index (χ3n) is 7.75. The van der Waals surface area contributed by atoms with Crippen molar-refractivity contribution in [3.05, 3.63) is 47.0 Å². The molecule has 1 aromatic carbocycles. The number of nitrogens with zero attached hydrogens (tertiary/aromatic N) is 6. The number of fused-ring (bicyclic) bond motifs is 1. The summed E-state index contributed by atoms with van der Waals surface area (Å²) in [7, 11) is 2.72. The number of likely N-dealkylation sites (tertiary alicyclic amines) is 1. The number of nitrogens with one attached hydrogen (secondary N) is 1. The number of aromatic nitrogens is 4. The van der Waals surface area contributed by atoms with Crippen molar-refractivity contribution in [3.63, 3.8) is 0 Å². The molecular formula is C27H31ClF3N7O3. The van der Waals surface area contributed by atoms with E-state index in [1.54, 1.807) is 11.8 Å². The maximum absolute atomic E-state index is 14.3. The minimum atomic E-state index is -4.69. The normalized spacial score (nSPS) is 17.9. The molecule has 1 N–H and O–H groups in total. The molecule has 0 spiro atoms. The monoisotopic (exact) mass is 593 g/mol. The molecule has 220 valence electrons. The zero-order valence-electron chi connectivity index (χ0n) is 22.9. The Kier molecular flexibility index (Phi) is 8.11. The summed E-state index contributed by atoms with van der Waals surface area (Å²) in [6.45, 7) is 2.58. The topological polar surface area (TPSA) is 105 Å². The van der Waals surface area contributed by atoms with Gasteiger partial charge in [0.15, 0.2) is 6.04 Å². The molecule has 5 rings (SSSR count). The van der Waals surface area contributed by atoms with Gasteiger partial charge in [-0.15, -0.1) is 5.10 Å². The predicted octanol–water partition coefficient (Wildman–Crippen LogP) is 4.94. The van der Waals surface area contributed by atoms with Crippen LogP contribution < -0.4 is 5.32 Å². The van der Waals surface area contributed by atoms with Crippen LogP contribution in [-0.4, -0.2) is 74.6 Å². The standard InChI is InChI=1S/C27H31ClF3N7O3/c1-15(41-3)21-20(14-32-26-34-25(28)35-38(21)26)33-19-8-6-16(7-9-19)22(27(29,30)31)36(2)23(39)18-10-12-37(13-11-18)24(40)17-4-5-17/h6-9,14-15,17-18,22,33H,4-5,10-13H2,1-3H3/t15-,22-/m0/s1. The number of anilines is 2. The molecule has 1 aliphatic heterocycles. The summed E-state index contributed by atoms with van der Waals surface area (Å²) in [6.07, 6.45) is -1.12. The smallest absolute Gasteiger partial charge is 0.375 e. The lowest BCUT2D eigenvalue weighted by molar-refractivity contribution is -0.191. The number of hydrogen-bond donors (Lipinski definition) is 1. The highest BCUT2D eigenvalue weighted by molar-refractivity contribution is 6.28. The Bertz CT molecular complexity index is 1420. The molecule has 3 aromatic rings. The Morgan fingerprint density at radius 2 is 1.78 bits per heavy atom. The Hall–Kier alpha value is -3.45. The fourth-order valence-electron chi connectivity index (χ4n) is 5.31. The second kappa shape index (κ2) is 11.4. The van der Waals surface area contributed by atoms with Gasteiger partial charge >= 0.3 is 6.18 Å². The first-order chi connectivity index (χ1) is 19.5. The van der Waals surface area contributed by atoms with E-state index in [9.17, 15) is 22.8 Å². The van der Waals surface area contributed by atoms with Crippen LogP contribution >= 0.6 is 11.6 Å². The highest BCUT2D eigenvalue weighted by Crippen LogP contribution is 2.39. The number of halogens is 4. The van der Waals surface area contributed by atoms with E-state index in [1.807, 2.05) is 0 Å². The van der Waals surface area contributed by atoms with Crippen LogP contribution in [0.2, 0.25) is 5.28 Å². The molecule has 14 heteroatoms. The lowest BCUT2D eigenvalue weighted by atomic mass is 9.93. The van der Waals surface area contributed by atoms with Gasteiger partial charge in [0, 0.05) is 44.8 Å². The summed E-state index contributed by atoms with van der Waals surface area (Å²) in [5.74, 6) is -0.696. The van der Waals surface area contributed by atoms with Crippen LogP contribution in [0.1, 0.15) is 56.0 Å². The Morgan fingerprint density at radius 1 is 1.12 bits per heavy atom. The molecule has 1 saturated heterocycles. The summed E-state index contributed by atoms with van der Waals surface area (Å²) in [6, 6.07) is 3.59. The van der Waals surface area contributed by atoms with E-state index in [1.165, 1.54) is 49.1 Å². The molecule has 3 heterocycles. The summed E-state index contributed by atoms with van der Waals surface area (Å²) in [5.41, 5.74) is 1.51. The second-order valence-electron chi connectivity index (χ2n) is 10.5. The van der Waals surface area contributed by atoms with Gasteiger partial charge in [-0.2, -0.15) is 22.7 Å². The number of piperidine rings is 1. The van der Waals surface area contributed by atoms with Crippen molar-refractivity contribution in [1.82, 2.24) is 29.4 Å². The number of amides is 2. The molecule has 0 unspecified atom stereocenters. The highest BCUT2D eigenvalue weighted by Gasteiger charge is 2.46. The third-order valence-corrected chi connectivity index (χ3v) is 7.91. The van der Waals surface area contributed by atoms with Gasteiger partial charge in [0.05, 0.1) is 23.7 Å². The molecule has 2 aromatic heterocycles. The molecule has 0 radical (unpaired) electrons. The van der Waals surface area contributed by atoms with Crippen LogP contribution in [0.5, 0.6) is 0 Å². The summed E-state index contributed by atoms with van der Waals surface area (Å²) < 4.78 is 49.9. The van der Waals surface area contributed by atoms with E-state index in [0.717, 1.165) is 17.7 Å². The molecule has 41 heavy (non-hydrogen) atoms. The summed E-state index contributed by atoms with van der Waals surface area (Å²) >= 11 is 5.95. The molecule has 2 atom stereocenters. The Morgan fingerprint density at radius 3 is 2.37 bits per heavy atom. The molecule has 2 fully saturated rings. The van der Waals surface area contributed by atoms with Crippen molar-refractivity contribution in [2.75, 3.05) is 32.6 Å². The van der Waals surface area contributed by atoms with Crippen LogP contribution in [0.25, 0.3) is 5.78 Å². The number of carbonyl (C=O) groups excluding carboxylic acids is 2. The van der Waals surface area contributed by atoms with Crippen LogP contribution in [0.15, 0.2) is 30.5 Å². The van der Waals surface area contributed by atoms with Gasteiger partial charge in [0.1, 0.15) is 0 Å². The fraction of sp³-hybridized carbons (Fsp3) is 0.519. The second-order valence-corrected chi connectivity index (χ2v) is 10.9. The van der Waals surface area contributed by atoms with Crippen molar-refractivity contribution in [3.8, 4) is 0 Å². The molecule has 2 aliphatic rings. The van der Waals surface area contributed by atoms with Crippen LogP contribution in [0.3, 0.4) is 0 Å². The average Bonchev–Trinajstić information content (AvgIpc) is 3.73. The van der Waals surface area contributed by atoms with E-state index in [-0.39, 0.29) is 28.4 Å². The Balaban J connectivity index is 1.32. The van der Waals surface area contributed by atoms with E-state index in [2.05, 4.69) is 20.4 Å². The lowest BCUT2D eigenvalue weighted by Gasteiger charge is -2.36. The molecule has 1 aliphatic carbocycles. The van der Waals surface area contributed by atoms with Gasteiger partial charge in [0.2, 0.25) is 17.1 Å². The van der Waals surface area contributed by atoms with Gasteiger partial charge < -0.3 is 19.9 Å². The van der Waals surface area contributed by atoms with Crippen molar-refractivity contribution in [2.24, 2.45) is 11.8 Å². The van der Waals surface area contributed by atoms with Crippen LogP contribution in [-0.2, 0) is 14.3 Å². The number of hydrogen-bond acceptors (Lipinski definition) is 7. The van der Waals surface area contributed by atoms with Crippen LogP contribution in [0.4, 0.5) is 24.5 Å². The van der Waals surface area contributed by atoms with E-state index >= 15 is 0 Å². The minimum Gasteiger partial charge on any atom is -0.375 e. The van der Waals surface area contributed by atoms with Crippen LogP contribution in [0, 0.1) is 11.8 Å². The molecule has 0 bridgehead atoms. The number of benzene rings is 1. The van der Waals surface area contributed by atoms with Gasteiger partial charge in [-0.05, 0) is 61.9 Å². The highest BCUT2D eigenvalue weighted by atomic mass is 35.5. The number of carbonyl (C=O) groups is 2. The molecule has 1 saturated carbocycles. The maximum atomic E-state index is 14.3. The third kappa shape index (κ3) is 6.10. The largest absolute Gasteiger partial charge is 0.413 e.